The molecule has 1 aliphatic heterocycles. The van der Waals surface area contributed by atoms with Gasteiger partial charge in [0.1, 0.15) is 0 Å². The molecule has 2 N–H and O–H groups in total. The molecule has 0 aromatic rings. The molecule has 4 nitrogen and oxygen atoms in total. The Labute approximate surface area is 65.3 Å². The third-order valence-corrected chi connectivity index (χ3v) is 2.08. The molecule has 0 bridgehead atoms. The van der Waals surface area contributed by atoms with Crippen LogP contribution < -0.4 is 5.73 Å². The fourth-order valence-electron chi connectivity index (χ4n) is 1.29. The summed E-state index contributed by atoms with van der Waals surface area (Å²) in [6, 6.07) is 0. The topological polar surface area (TPSA) is 63.4 Å². The monoisotopic (exact) mass is 156 g/mol. The zero-order valence-electron chi connectivity index (χ0n) is 6.32. The maximum atomic E-state index is 10.7. The Morgan fingerprint density at radius 3 is 2.36 bits per heavy atom. The lowest BCUT2D eigenvalue weighted by Crippen LogP contribution is -2.37. The van der Waals surface area contributed by atoms with Gasteiger partial charge < -0.3 is 10.6 Å². The van der Waals surface area contributed by atoms with Crippen molar-refractivity contribution in [2.45, 2.75) is 12.8 Å². The number of carbonyl (C=O) groups is 2. The van der Waals surface area contributed by atoms with Gasteiger partial charge in [0.25, 0.3) is 0 Å². The van der Waals surface area contributed by atoms with Gasteiger partial charge >= 0.3 is 0 Å². The number of nitrogens with zero attached hydrogens (tertiary/aromatic N) is 1. The van der Waals surface area contributed by atoms with Gasteiger partial charge in [-0.3, -0.25) is 9.59 Å². The average molecular weight is 156 g/mol. The van der Waals surface area contributed by atoms with Gasteiger partial charge in [-0.15, -0.1) is 0 Å². The zero-order chi connectivity index (χ0) is 8.27. The third-order valence-electron chi connectivity index (χ3n) is 2.08. The molecular weight excluding hydrogens is 144 g/mol. The first-order valence-corrected chi connectivity index (χ1v) is 3.72. The van der Waals surface area contributed by atoms with Crippen LogP contribution in [-0.4, -0.2) is 30.3 Å². The van der Waals surface area contributed by atoms with E-state index in [1.54, 1.807) is 4.90 Å². The van der Waals surface area contributed by atoms with Gasteiger partial charge in [0.2, 0.25) is 12.3 Å². The lowest BCUT2D eigenvalue weighted by Gasteiger charge is -2.26. The highest BCUT2D eigenvalue weighted by Crippen LogP contribution is 2.14. The van der Waals surface area contributed by atoms with Crippen molar-refractivity contribution < 1.29 is 9.59 Å². The second-order valence-electron chi connectivity index (χ2n) is 2.82. The van der Waals surface area contributed by atoms with Crippen LogP contribution >= 0.6 is 0 Å². The van der Waals surface area contributed by atoms with Crippen LogP contribution in [0.25, 0.3) is 0 Å². The summed E-state index contributed by atoms with van der Waals surface area (Å²) in [6.45, 7) is 1.33. The molecule has 1 rings (SSSR count). The Morgan fingerprint density at radius 1 is 1.45 bits per heavy atom. The van der Waals surface area contributed by atoms with Crippen molar-refractivity contribution in [1.29, 1.82) is 0 Å². The molecular formula is C7H12N2O2. The number of hydrogen-bond acceptors (Lipinski definition) is 2. The highest BCUT2D eigenvalue weighted by atomic mass is 16.1. The number of primary amides is 1. The van der Waals surface area contributed by atoms with Crippen LogP contribution in [0.15, 0.2) is 0 Å². The van der Waals surface area contributed by atoms with Crippen LogP contribution in [0.2, 0.25) is 0 Å². The van der Waals surface area contributed by atoms with Crippen LogP contribution in [0.1, 0.15) is 12.8 Å². The molecule has 4 heteroatoms. The van der Waals surface area contributed by atoms with Gasteiger partial charge in [-0.1, -0.05) is 0 Å². The summed E-state index contributed by atoms with van der Waals surface area (Å²) in [7, 11) is 0. The maximum Gasteiger partial charge on any atom is 0.220 e. The molecule has 0 atom stereocenters. The molecule has 11 heavy (non-hydrogen) atoms. The van der Waals surface area contributed by atoms with Gasteiger partial charge in [-0.2, -0.15) is 0 Å². The molecule has 0 aliphatic carbocycles. The lowest BCUT2D eigenvalue weighted by atomic mass is 9.97. The van der Waals surface area contributed by atoms with Gasteiger partial charge in [0, 0.05) is 19.0 Å². The van der Waals surface area contributed by atoms with Crippen LogP contribution in [0.3, 0.4) is 0 Å². The largest absolute Gasteiger partial charge is 0.369 e. The standard InChI is InChI=1S/C7H12N2O2/c8-7(11)6-1-3-9(5-10)4-2-6/h5-6H,1-4H2,(H2,8,11). The first-order valence-electron chi connectivity index (χ1n) is 3.72. The number of rotatable bonds is 2. The Bertz CT molecular complexity index is 162. The molecule has 1 heterocycles. The van der Waals surface area contributed by atoms with E-state index in [1.165, 1.54) is 0 Å². The molecule has 1 saturated heterocycles. The van der Waals surface area contributed by atoms with Gasteiger partial charge in [-0.05, 0) is 12.8 Å². The molecule has 0 aromatic heterocycles. The molecule has 0 saturated carbocycles. The van der Waals surface area contributed by atoms with Crippen molar-refractivity contribution in [2.24, 2.45) is 11.7 Å². The van der Waals surface area contributed by atoms with E-state index in [2.05, 4.69) is 0 Å². The minimum atomic E-state index is -0.240. The molecule has 0 radical (unpaired) electrons. The molecule has 1 aliphatic rings. The Morgan fingerprint density at radius 2 is 2.00 bits per heavy atom. The lowest BCUT2D eigenvalue weighted by molar-refractivity contribution is -0.126. The minimum absolute atomic E-state index is 0.0220. The molecule has 1 fully saturated rings. The predicted octanol–water partition coefficient (Wildman–Crippen LogP) is -0.660. The van der Waals surface area contributed by atoms with Crippen molar-refractivity contribution in [2.75, 3.05) is 13.1 Å². The Hall–Kier alpha value is -1.06. The first-order chi connectivity index (χ1) is 5.24. The van der Waals surface area contributed by atoms with Crippen LogP contribution in [0, 0.1) is 5.92 Å². The van der Waals surface area contributed by atoms with E-state index < -0.39 is 0 Å². The van der Waals surface area contributed by atoms with Crippen molar-refractivity contribution in [3.63, 3.8) is 0 Å². The first kappa shape index (κ1) is 8.04. The molecule has 62 valence electrons. The fourth-order valence-corrected chi connectivity index (χ4v) is 1.29. The van der Waals surface area contributed by atoms with E-state index in [0.29, 0.717) is 25.9 Å². The normalized spacial score (nSPS) is 19.8. The smallest absolute Gasteiger partial charge is 0.220 e. The summed E-state index contributed by atoms with van der Waals surface area (Å²) in [5, 5.41) is 0. The average Bonchev–Trinajstić information content (AvgIpc) is 2.05. The van der Waals surface area contributed by atoms with Crippen LogP contribution in [0.5, 0.6) is 0 Å². The third kappa shape index (κ3) is 1.93. The van der Waals surface area contributed by atoms with Gasteiger partial charge in [0.05, 0.1) is 0 Å². The molecule has 0 spiro atoms. The van der Waals surface area contributed by atoms with E-state index in [-0.39, 0.29) is 11.8 Å². The van der Waals surface area contributed by atoms with E-state index in [9.17, 15) is 9.59 Å². The number of carbonyl (C=O) groups excluding carboxylic acids is 2. The van der Waals surface area contributed by atoms with E-state index in [1.807, 2.05) is 0 Å². The molecule has 0 unspecified atom stereocenters. The second-order valence-corrected chi connectivity index (χ2v) is 2.82. The second kappa shape index (κ2) is 3.37. The van der Waals surface area contributed by atoms with Crippen molar-refractivity contribution in [3.05, 3.63) is 0 Å². The summed E-state index contributed by atoms with van der Waals surface area (Å²) in [6.07, 6.45) is 2.25. The van der Waals surface area contributed by atoms with Crippen molar-refractivity contribution in [1.82, 2.24) is 4.90 Å². The maximum absolute atomic E-state index is 10.7. The van der Waals surface area contributed by atoms with Gasteiger partial charge in [-0.25, -0.2) is 0 Å². The molecule has 0 aromatic carbocycles. The Kier molecular flexibility index (Phi) is 2.46. The summed E-state index contributed by atoms with van der Waals surface area (Å²) in [5.41, 5.74) is 5.11. The fraction of sp³-hybridized carbons (Fsp3) is 0.714. The van der Waals surface area contributed by atoms with Crippen molar-refractivity contribution in [3.8, 4) is 0 Å². The summed E-state index contributed by atoms with van der Waals surface area (Å²) < 4.78 is 0. The van der Waals surface area contributed by atoms with Gasteiger partial charge in [0.15, 0.2) is 0 Å². The van der Waals surface area contributed by atoms with Crippen molar-refractivity contribution >= 4 is 12.3 Å². The van der Waals surface area contributed by atoms with E-state index >= 15 is 0 Å². The minimum Gasteiger partial charge on any atom is -0.369 e. The van der Waals surface area contributed by atoms with E-state index in [4.69, 9.17) is 5.73 Å². The number of hydrogen-bond donors (Lipinski definition) is 1. The number of piperidine rings is 1. The summed E-state index contributed by atoms with van der Waals surface area (Å²) in [4.78, 5) is 22.6. The van der Waals surface area contributed by atoms with E-state index in [0.717, 1.165) is 6.41 Å². The number of nitrogens with two attached hydrogens (primary N) is 1. The summed E-state index contributed by atoms with van der Waals surface area (Å²) >= 11 is 0. The SMILES string of the molecule is NC(=O)C1CCN(C=O)CC1. The van der Waals surface area contributed by atoms with Crippen LogP contribution in [-0.2, 0) is 9.59 Å². The van der Waals surface area contributed by atoms with Crippen LogP contribution in [0.4, 0.5) is 0 Å². The Balaban J connectivity index is 2.35. The number of likely N-dealkylation sites (tertiary alicyclic amines) is 1. The zero-order valence-corrected chi connectivity index (χ0v) is 6.32. The quantitative estimate of drug-likeness (QED) is 0.539. The number of amides is 2. The summed E-state index contributed by atoms with van der Waals surface area (Å²) in [5.74, 6) is -0.262. The molecule has 2 amide bonds. The highest BCUT2D eigenvalue weighted by Gasteiger charge is 2.21. The highest BCUT2D eigenvalue weighted by molar-refractivity contribution is 5.76. The predicted molar refractivity (Wildman–Crippen MR) is 39.6 cm³/mol.